The molecule has 0 aliphatic carbocycles. The lowest BCUT2D eigenvalue weighted by Crippen LogP contribution is -2.57. The minimum atomic E-state index is -3.10. The van der Waals surface area contributed by atoms with Crippen molar-refractivity contribution in [2.75, 3.05) is 26.2 Å². The van der Waals surface area contributed by atoms with Gasteiger partial charge in [-0.15, -0.1) is 0 Å². The van der Waals surface area contributed by atoms with Crippen LogP contribution in [0.15, 0.2) is 18.5 Å². The minimum Gasteiger partial charge on any atom is -0.342 e. The molecule has 124 valence electrons. The van der Waals surface area contributed by atoms with Gasteiger partial charge in [-0.25, -0.2) is 18.7 Å². The molecule has 0 bridgehead atoms. The summed E-state index contributed by atoms with van der Waals surface area (Å²) >= 11 is 0. The van der Waals surface area contributed by atoms with Crippen LogP contribution >= 0.6 is 0 Å². The van der Waals surface area contributed by atoms with Gasteiger partial charge >= 0.3 is 0 Å². The van der Waals surface area contributed by atoms with Gasteiger partial charge in [0.2, 0.25) is 11.7 Å². The number of carbonyl (C=O) groups excluding carboxylic acids is 2. The van der Waals surface area contributed by atoms with Gasteiger partial charge in [-0.05, 0) is 19.4 Å². The van der Waals surface area contributed by atoms with Crippen LogP contribution in [0.1, 0.15) is 30.4 Å². The fourth-order valence-electron chi connectivity index (χ4n) is 3.51. The third-order valence-corrected chi connectivity index (χ3v) is 4.54. The standard InChI is InChI=1S/C15H18F2N4O2/c1-2-20-7-4-14(13(20)23)8-15(16,17)10-21(9-14)12(22)11-18-5-3-6-19-11/h3,5-6H,2,4,7-10H2,1H3/t14-/m1/s1. The highest BCUT2D eigenvalue weighted by atomic mass is 19.3. The normalized spacial score (nSPS) is 26.8. The smallest absolute Gasteiger partial charge is 0.291 e. The topological polar surface area (TPSA) is 66.4 Å². The van der Waals surface area contributed by atoms with Crippen LogP contribution in [0, 0.1) is 5.41 Å². The summed E-state index contributed by atoms with van der Waals surface area (Å²) in [6.07, 6.45) is 2.61. The molecule has 2 saturated heterocycles. The fraction of sp³-hybridized carbons (Fsp3) is 0.600. The summed E-state index contributed by atoms with van der Waals surface area (Å²) < 4.78 is 28.5. The molecule has 1 aromatic rings. The largest absolute Gasteiger partial charge is 0.342 e. The van der Waals surface area contributed by atoms with Crippen molar-refractivity contribution in [3.05, 3.63) is 24.3 Å². The highest BCUT2D eigenvalue weighted by Gasteiger charge is 2.57. The molecule has 1 aromatic heterocycles. The maximum Gasteiger partial charge on any atom is 0.291 e. The van der Waals surface area contributed by atoms with Crippen LogP contribution in [-0.4, -0.2) is 63.7 Å². The van der Waals surface area contributed by atoms with Crippen molar-refractivity contribution in [1.82, 2.24) is 19.8 Å². The SMILES string of the molecule is CCN1CC[C@@]2(CN(C(=O)c3ncccn3)CC(F)(F)C2)C1=O. The molecule has 2 amide bonds. The van der Waals surface area contributed by atoms with Crippen LogP contribution in [0.5, 0.6) is 0 Å². The molecule has 2 aliphatic rings. The first-order chi connectivity index (χ1) is 10.9. The van der Waals surface area contributed by atoms with Crippen molar-refractivity contribution in [3.8, 4) is 0 Å². The van der Waals surface area contributed by atoms with Gasteiger partial charge in [0.25, 0.3) is 11.8 Å². The lowest BCUT2D eigenvalue weighted by atomic mass is 9.77. The number of hydrogen-bond donors (Lipinski definition) is 0. The van der Waals surface area contributed by atoms with Gasteiger partial charge in [0.05, 0.1) is 12.0 Å². The Morgan fingerprint density at radius 1 is 1.30 bits per heavy atom. The zero-order chi connectivity index (χ0) is 16.7. The molecule has 3 heterocycles. The zero-order valence-corrected chi connectivity index (χ0v) is 12.8. The Labute approximate surface area is 132 Å². The summed E-state index contributed by atoms with van der Waals surface area (Å²) in [5, 5.41) is 0. The van der Waals surface area contributed by atoms with Crippen molar-refractivity contribution >= 4 is 11.8 Å². The summed E-state index contributed by atoms with van der Waals surface area (Å²) in [7, 11) is 0. The van der Waals surface area contributed by atoms with Gasteiger partial charge in [-0.2, -0.15) is 0 Å². The number of aromatic nitrogens is 2. The Morgan fingerprint density at radius 2 is 2.00 bits per heavy atom. The highest BCUT2D eigenvalue weighted by molar-refractivity contribution is 5.92. The van der Waals surface area contributed by atoms with Gasteiger partial charge in [0.15, 0.2) is 0 Å². The second-order valence-corrected chi connectivity index (χ2v) is 6.18. The van der Waals surface area contributed by atoms with Crippen LogP contribution in [-0.2, 0) is 4.79 Å². The Balaban J connectivity index is 1.88. The molecule has 3 rings (SSSR count). The molecule has 0 radical (unpaired) electrons. The molecule has 6 nitrogen and oxygen atoms in total. The summed E-state index contributed by atoms with van der Waals surface area (Å²) in [6.45, 7) is 2.05. The van der Waals surface area contributed by atoms with E-state index in [9.17, 15) is 18.4 Å². The summed E-state index contributed by atoms with van der Waals surface area (Å²) in [4.78, 5) is 35.2. The van der Waals surface area contributed by atoms with Crippen molar-refractivity contribution in [2.45, 2.75) is 25.7 Å². The second kappa shape index (κ2) is 5.50. The highest BCUT2D eigenvalue weighted by Crippen LogP contribution is 2.45. The van der Waals surface area contributed by atoms with Crippen molar-refractivity contribution in [1.29, 1.82) is 0 Å². The van der Waals surface area contributed by atoms with E-state index in [1.165, 1.54) is 12.4 Å². The molecule has 0 unspecified atom stereocenters. The maximum absolute atomic E-state index is 14.2. The molecule has 0 saturated carbocycles. The van der Waals surface area contributed by atoms with E-state index in [2.05, 4.69) is 9.97 Å². The van der Waals surface area contributed by atoms with Gasteiger partial charge < -0.3 is 9.80 Å². The first-order valence-corrected chi connectivity index (χ1v) is 7.60. The summed E-state index contributed by atoms with van der Waals surface area (Å²) in [5.41, 5.74) is -1.19. The number of rotatable bonds is 2. The van der Waals surface area contributed by atoms with E-state index in [4.69, 9.17) is 0 Å². The van der Waals surface area contributed by atoms with E-state index in [0.29, 0.717) is 19.5 Å². The average molecular weight is 324 g/mol. The molecule has 1 spiro atoms. The van der Waals surface area contributed by atoms with Crippen molar-refractivity contribution in [2.24, 2.45) is 5.41 Å². The predicted molar refractivity (Wildman–Crippen MR) is 76.8 cm³/mol. The molecular weight excluding hydrogens is 306 g/mol. The van der Waals surface area contributed by atoms with E-state index in [0.717, 1.165) is 4.90 Å². The maximum atomic E-state index is 14.2. The van der Waals surface area contributed by atoms with Crippen LogP contribution in [0.3, 0.4) is 0 Å². The van der Waals surface area contributed by atoms with Gasteiger partial charge in [0, 0.05) is 38.4 Å². The number of likely N-dealkylation sites (tertiary alicyclic amines) is 2. The Kier molecular flexibility index (Phi) is 3.77. The monoisotopic (exact) mass is 324 g/mol. The number of hydrogen-bond acceptors (Lipinski definition) is 4. The Bertz CT molecular complexity index is 625. The second-order valence-electron chi connectivity index (χ2n) is 6.18. The third-order valence-electron chi connectivity index (χ3n) is 4.54. The Hall–Kier alpha value is -2.12. The first kappa shape index (κ1) is 15.8. The fourth-order valence-corrected chi connectivity index (χ4v) is 3.51. The van der Waals surface area contributed by atoms with Crippen molar-refractivity contribution < 1.29 is 18.4 Å². The molecule has 23 heavy (non-hydrogen) atoms. The van der Waals surface area contributed by atoms with E-state index in [1.807, 2.05) is 6.92 Å². The lowest BCUT2D eigenvalue weighted by molar-refractivity contribution is -0.151. The van der Waals surface area contributed by atoms with E-state index < -0.39 is 30.2 Å². The predicted octanol–water partition coefficient (Wildman–Crippen LogP) is 1.20. The Morgan fingerprint density at radius 3 is 2.61 bits per heavy atom. The van der Waals surface area contributed by atoms with Crippen LogP contribution in [0.2, 0.25) is 0 Å². The quantitative estimate of drug-likeness (QED) is 0.820. The van der Waals surface area contributed by atoms with Crippen LogP contribution in [0.4, 0.5) is 8.78 Å². The number of amides is 2. The summed E-state index contributed by atoms with van der Waals surface area (Å²) in [5.74, 6) is -4.17. The van der Waals surface area contributed by atoms with Gasteiger partial charge in [0.1, 0.15) is 0 Å². The van der Waals surface area contributed by atoms with E-state index in [-0.39, 0.29) is 18.3 Å². The van der Waals surface area contributed by atoms with Crippen LogP contribution in [0.25, 0.3) is 0 Å². The number of halogens is 2. The number of nitrogens with zero attached hydrogens (tertiary/aromatic N) is 4. The summed E-state index contributed by atoms with van der Waals surface area (Å²) in [6, 6.07) is 1.54. The van der Waals surface area contributed by atoms with E-state index in [1.54, 1.807) is 11.0 Å². The molecule has 0 N–H and O–H groups in total. The molecule has 2 fully saturated rings. The number of carbonyl (C=O) groups is 2. The molecule has 2 aliphatic heterocycles. The van der Waals surface area contributed by atoms with Crippen molar-refractivity contribution in [3.63, 3.8) is 0 Å². The minimum absolute atomic E-state index is 0.00495. The number of alkyl halides is 2. The van der Waals surface area contributed by atoms with Crippen LogP contribution < -0.4 is 0 Å². The molecule has 8 heteroatoms. The first-order valence-electron chi connectivity index (χ1n) is 7.60. The zero-order valence-electron chi connectivity index (χ0n) is 12.8. The molecular formula is C15H18F2N4O2. The lowest BCUT2D eigenvalue weighted by Gasteiger charge is -2.42. The molecule has 1 atom stereocenters. The van der Waals surface area contributed by atoms with Gasteiger partial charge in [-0.3, -0.25) is 9.59 Å². The van der Waals surface area contributed by atoms with Gasteiger partial charge in [-0.1, -0.05) is 0 Å². The number of piperidine rings is 1. The molecule has 0 aromatic carbocycles. The average Bonchev–Trinajstić information content (AvgIpc) is 2.81. The third kappa shape index (κ3) is 2.77. The van der Waals surface area contributed by atoms with E-state index >= 15 is 0 Å².